The second kappa shape index (κ2) is 9.73. The molecule has 0 aromatic carbocycles. The SMILES string of the molecule is [CH2]C(C(C)O)N(CCC(O)CN)C(C)CCCC. The summed E-state index contributed by atoms with van der Waals surface area (Å²) in [5, 5.41) is 19.2. The molecule has 0 saturated carbocycles. The van der Waals surface area contributed by atoms with Crippen LogP contribution in [-0.4, -0.2) is 52.5 Å². The van der Waals surface area contributed by atoms with E-state index in [1.165, 1.54) is 12.8 Å². The lowest BCUT2D eigenvalue weighted by Crippen LogP contribution is -2.47. The monoisotopic (exact) mass is 259 g/mol. The van der Waals surface area contributed by atoms with Crippen LogP contribution >= 0.6 is 0 Å². The maximum Gasteiger partial charge on any atom is 0.0674 e. The summed E-state index contributed by atoms with van der Waals surface area (Å²) in [4.78, 5) is 2.18. The van der Waals surface area contributed by atoms with Crippen molar-refractivity contribution in [3.05, 3.63) is 6.92 Å². The minimum Gasteiger partial charge on any atom is -0.392 e. The summed E-state index contributed by atoms with van der Waals surface area (Å²) in [5.41, 5.74) is 5.42. The molecule has 0 saturated heterocycles. The molecule has 0 aliphatic carbocycles. The van der Waals surface area contributed by atoms with Gasteiger partial charge in [-0.05, 0) is 33.6 Å². The predicted molar refractivity (Wildman–Crippen MR) is 76.2 cm³/mol. The fourth-order valence-corrected chi connectivity index (χ4v) is 2.07. The van der Waals surface area contributed by atoms with Gasteiger partial charge in [-0.1, -0.05) is 19.8 Å². The van der Waals surface area contributed by atoms with E-state index in [9.17, 15) is 10.2 Å². The van der Waals surface area contributed by atoms with Gasteiger partial charge in [-0.2, -0.15) is 0 Å². The van der Waals surface area contributed by atoms with Crippen molar-refractivity contribution < 1.29 is 10.2 Å². The van der Waals surface area contributed by atoms with Crippen LogP contribution in [0.3, 0.4) is 0 Å². The minimum atomic E-state index is -0.468. The first-order valence-corrected chi connectivity index (χ1v) is 7.09. The summed E-state index contributed by atoms with van der Waals surface area (Å²) in [6, 6.07) is 0.230. The fourth-order valence-electron chi connectivity index (χ4n) is 2.07. The molecule has 4 unspecified atom stereocenters. The highest BCUT2D eigenvalue weighted by Crippen LogP contribution is 2.15. The Labute approximate surface area is 112 Å². The van der Waals surface area contributed by atoms with E-state index < -0.39 is 12.2 Å². The molecule has 0 aromatic rings. The third kappa shape index (κ3) is 6.69. The largest absolute Gasteiger partial charge is 0.392 e. The van der Waals surface area contributed by atoms with Crippen LogP contribution in [0.4, 0.5) is 0 Å². The normalized spacial score (nSPS) is 18.7. The van der Waals surface area contributed by atoms with Gasteiger partial charge in [0.25, 0.3) is 0 Å². The van der Waals surface area contributed by atoms with Crippen LogP contribution in [0.5, 0.6) is 0 Å². The van der Waals surface area contributed by atoms with Crippen molar-refractivity contribution in [3.63, 3.8) is 0 Å². The Hall–Kier alpha value is -0.160. The molecular formula is C14H31N2O2. The second-order valence-corrected chi connectivity index (χ2v) is 5.22. The van der Waals surface area contributed by atoms with Crippen molar-refractivity contribution in [2.45, 2.75) is 70.7 Å². The Bertz CT molecular complexity index is 200. The number of nitrogens with two attached hydrogens (primary N) is 1. The van der Waals surface area contributed by atoms with Gasteiger partial charge in [-0.3, -0.25) is 4.90 Å². The van der Waals surface area contributed by atoms with Crippen molar-refractivity contribution in [1.29, 1.82) is 0 Å². The lowest BCUT2D eigenvalue weighted by molar-refractivity contribution is 0.0454. The van der Waals surface area contributed by atoms with Crippen LogP contribution in [0.1, 0.15) is 46.5 Å². The van der Waals surface area contributed by atoms with E-state index in [4.69, 9.17) is 5.73 Å². The van der Waals surface area contributed by atoms with Gasteiger partial charge in [0.2, 0.25) is 0 Å². The molecule has 0 rings (SSSR count). The highest BCUT2D eigenvalue weighted by atomic mass is 16.3. The van der Waals surface area contributed by atoms with E-state index in [0.717, 1.165) is 13.0 Å². The average molecular weight is 259 g/mol. The van der Waals surface area contributed by atoms with Gasteiger partial charge < -0.3 is 15.9 Å². The molecular weight excluding hydrogens is 228 g/mol. The smallest absolute Gasteiger partial charge is 0.0674 e. The quantitative estimate of drug-likeness (QED) is 0.551. The molecule has 0 heterocycles. The molecule has 0 aromatic heterocycles. The van der Waals surface area contributed by atoms with Crippen molar-refractivity contribution in [1.82, 2.24) is 4.90 Å². The highest BCUT2D eigenvalue weighted by Gasteiger charge is 2.23. The number of aliphatic hydroxyl groups is 2. The van der Waals surface area contributed by atoms with Crippen LogP contribution < -0.4 is 5.73 Å². The maximum atomic E-state index is 9.70. The van der Waals surface area contributed by atoms with E-state index >= 15 is 0 Å². The van der Waals surface area contributed by atoms with E-state index in [2.05, 4.69) is 25.7 Å². The van der Waals surface area contributed by atoms with Crippen molar-refractivity contribution in [3.8, 4) is 0 Å². The third-order valence-electron chi connectivity index (χ3n) is 3.52. The van der Waals surface area contributed by atoms with E-state index in [1.807, 2.05) is 0 Å². The lowest BCUT2D eigenvalue weighted by Gasteiger charge is -2.36. The Balaban J connectivity index is 4.41. The molecule has 0 spiro atoms. The molecule has 0 aliphatic heterocycles. The number of unbranched alkanes of at least 4 members (excludes halogenated alkanes) is 1. The van der Waals surface area contributed by atoms with Crippen LogP contribution in [0, 0.1) is 6.92 Å². The summed E-state index contributed by atoms with van der Waals surface area (Å²) >= 11 is 0. The number of aliphatic hydroxyl groups excluding tert-OH is 2. The van der Waals surface area contributed by atoms with Crippen molar-refractivity contribution in [2.75, 3.05) is 13.1 Å². The number of rotatable bonds is 10. The van der Waals surface area contributed by atoms with Gasteiger partial charge in [0.15, 0.2) is 0 Å². The molecule has 109 valence electrons. The van der Waals surface area contributed by atoms with Gasteiger partial charge in [-0.25, -0.2) is 0 Å². The van der Waals surface area contributed by atoms with Gasteiger partial charge in [-0.15, -0.1) is 0 Å². The summed E-state index contributed by atoms with van der Waals surface area (Å²) in [6.45, 7) is 11.1. The average Bonchev–Trinajstić information content (AvgIpc) is 2.35. The van der Waals surface area contributed by atoms with Crippen molar-refractivity contribution >= 4 is 0 Å². The molecule has 4 nitrogen and oxygen atoms in total. The zero-order valence-electron chi connectivity index (χ0n) is 12.2. The Morgan fingerprint density at radius 3 is 2.28 bits per heavy atom. The summed E-state index contributed by atoms with van der Waals surface area (Å²) < 4.78 is 0. The third-order valence-corrected chi connectivity index (χ3v) is 3.52. The molecule has 18 heavy (non-hydrogen) atoms. The topological polar surface area (TPSA) is 69.7 Å². The Kier molecular flexibility index (Phi) is 9.64. The fraction of sp³-hybridized carbons (Fsp3) is 0.929. The van der Waals surface area contributed by atoms with E-state index in [1.54, 1.807) is 6.92 Å². The molecule has 4 atom stereocenters. The van der Waals surface area contributed by atoms with E-state index in [-0.39, 0.29) is 12.6 Å². The number of hydrogen-bond acceptors (Lipinski definition) is 4. The van der Waals surface area contributed by atoms with Gasteiger partial charge >= 0.3 is 0 Å². The summed E-state index contributed by atoms with van der Waals surface area (Å²) in [6.07, 6.45) is 3.12. The Morgan fingerprint density at radius 1 is 1.22 bits per heavy atom. The number of hydrogen-bond donors (Lipinski definition) is 3. The highest BCUT2D eigenvalue weighted by molar-refractivity contribution is 4.83. The second-order valence-electron chi connectivity index (χ2n) is 5.22. The lowest BCUT2D eigenvalue weighted by atomic mass is 10.0. The molecule has 0 fully saturated rings. The van der Waals surface area contributed by atoms with Crippen molar-refractivity contribution in [2.24, 2.45) is 5.73 Å². The zero-order valence-corrected chi connectivity index (χ0v) is 12.2. The van der Waals surface area contributed by atoms with Gasteiger partial charge in [0.1, 0.15) is 0 Å². The van der Waals surface area contributed by atoms with Crippen LogP contribution in [0.15, 0.2) is 0 Å². The predicted octanol–water partition coefficient (Wildman–Crippen LogP) is 1.16. The van der Waals surface area contributed by atoms with Crippen LogP contribution in [-0.2, 0) is 0 Å². The Morgan fingerprint density at radius 2 is 1.83 bits per heavy atom. The molecule has 1 radical (unpaired) electrons. The minimum absolute atomic E-state index is 0.137. The molecule has 0 amide bonds. The first kappa shape index (κ1) is 17.8. The van der Waals surface area contributed by atoms with Gasteiger partial charge in [0.05, 0.1) is 12.2 Å². The number of nitrogens with zero attached hydrogens (tertiary/aromatic N) is 1. The molecule has 4 N–H and O–H groups in total. The van der Waals surface area contributed by atoms with Crippen LogP contribution in [0.25, 0.3) is 0 Å². The van der Waals surface area contributed by atoms with Crippen LogP contribution in [0.2, 0.25) is 0 Å². The first-order chi connectivity index (χ1) is 8.43. The summed E-state index contributed by atoms with van der Waals surface area (Å²) in [5.74, 6) is 0. The maximum absolute atomic E-state index is 9.70. The van der Waals surface area contributed by atoms with Gasteiger partial charge in [0, 0.05) is 25.2 Å². The van der Waals surface area contributed by atoms with E-state index in [0.29, 0.717) is 12.5 Å². The molecule has 0 aliphatic rings. The summed E-state index contributed by atoms with van der Waals surface area (Å²) in [7, 11) is 0. The first-order valence-electron chi connectivity index (χ1n) is 7.09. The zero-order chi connectivity index (χ0) is 14.1. The standard InChI is InChI=1S/C14H31N2O2/c1-5-6-7-11(2)16(12(3)13(4)17)9-8-14(18)10-15/h11-14,17-18H,3,5-10,15H2,1-2,4H3. The molecule has 4 heteroatoms. The molecule has 0 bridgehead atoms.